The van der Waals surface area contributed by atoms with Crippen LogP contribution in [0.4, 0.5) is 0 Å². The third kappa shape index (κ3) is 0.596. The average molecular weight is 157 g/mol. The second-order valence-electron chi connectivity index (χ2n) is 3.80. The maximum Gasteiger partial charge on any atom is 0.0294 e. The quantitative estimate of drug-likeness (QED) is 0.577. The number of nitrogens with two attached hydrogens (primary N) is 1. The number of benzene rings is 1. The first-order valence-electron chi connectivity index (χ1n) is 4.40. The van der Waals surface area contributed by atoms with Gasteiger partial charge in [-0.3, -0.25) is 0 Å². The summed E-state index contributed by atoms with van der Waals surface area (Å²) in [6, 6.07) is 8.40. The molecule has 0 amide bonds. The van der Waals surface area contributed by atoms with E-state index in [1.165, 1.54) is 23.3 Å². The maximum atomic E-state index is 6.07. The minimum atomic E-state index is 0.281. The summed E-state index contributed by atoms with van der Waals surface area (Å²) in [6.07, 6.45) is 4.82. The highest BCUT2D eigenvalue weighted by atomic mass is 14.7. The number of fused-ring (bicyclic) bond motifs is 1. The Balaban J connectivity index is 2.47. The van der Waals surface area contributed by atoms with Crippen LogP contribution in [-0.4, -0.2) is 0 Å². The zero-order valence-corrected chi connectivity index (χ0v) is 6.88. The topological polar surface area (TPSA) is 26.0 Å². The van der Waals surface area contributed by atoms with Gasteiger partial charge in [-0.2, -0.15) is 0 Å². The highest BCUT2D eigenvalue weighted by Gasteiger charge is 2.45. The minimum absolute atomic E-state index is 0.281. The lowest BCUT2D eigenvalue weighted by molar-refractivity contribution is 0.931. The maximum absolute atomic E-state index is 6.07. The lowest BCUT2D eigenvalue weighted by atomic mass is 10.1. The molecule has 3 rings (SSSR count). The summed E-state index contributed by atoms with van der Waals surface area (Å²) >= 11 is 0. The Bertz CT molecular complexity index is 452. The molecule has 12 heavy (non-hydrogen) atoms. The SMILES string of the molecule is NC1=c2ccccc2=CC12CC2. The molecular formula is C11H11N. The first-order chi connectivity index (χ1) is 5.82. The molecule has 0 saturated heterocycles. The van der Waals surface area contributed by atoms with Gasteiger partial charge in [0, 0.05) is 16.3 Å². The average Bonchev–Trinajstić information content (AvgIpc) is 2.79. The lowest BCUT2D eigenvalue weighted by Gasteiger charge is -2.03. The molecule has 0 bridgehead atoms. The standard InChI is InChI=1S/C11H11N/c12-10-9-4-2-1-3-8(9)7-11(10)5-6-11/h1-4,7H,5-6,12H2. The van der Waals surface area contributed by atoms with Crippen molar-refractivity contribution in [3.05, 3.63) is 34.7 Å². The van der Waals surface area contributed by atoms with Gasteiger partial charge in [-0.15, -0.1) is 0 Å². The summed E-state index contributed by atoms with van der Waals surface area (Å²) in [6.45, 7) is 0. The van der Waals surface area contributed by atoms with Crippen LogP contribution in [0.5, 0.6) is 0 Å². The van der Waals surface area contributed by atoms with E-state index in [0.29, 0.717) is 0 Å². The van der Waals surface area contributed by atoms with E-state index in [2.05, 4.69) is 30.3 Å². The van der Waals surface area contributed by atoms with Gasteiger partial charge in [-0.25, -0.2) is 0 Å². The van der Waals surface area contributed by atoms with Crippen LogP contribution in [0.25, 0.3) is 11.8 Å². The summed E-state index contributed by atoms with van der Waals surface area (Å²) < 4.78 is 0. The van der Waals surface area contributed by atoms with Crippen LogP contribution >= 0.6 is 0 Å². The Morgan fingerprint density at radius 2 is 1.92 bits per heavy atom. The predicted octanol–water partition coefficient (Wildman–Crippen LogP) is 0.328. The van der Waals surface area contributed by atoms with Gasteiger partial charge in [0.15, 0.2) is 0 Å². The van der Waals surface area contributed by atoms with Crippen molar-refractivity contribution in [2.24, 2.45) is 11.1 Å². The van der Waals surface area contributed by atoms with Crippen molar-refractivity contribution in [2.45, 2.75) is 12.8 Å². The first kappa shape index (κ1) is 6.30. The summed E-state index contributed by atoms with van der Waals surface area (Å²) in [5, 5.41) is 2.59. The van der Waals surface area contributed by atoms with Crippen LogP contribution in [0.15, 0.2) is 24.3 Å². The predicted molar refractivity (Wildman–Crippen MR) is 49.4 cm³/mol. The molecular weight excluding hydrogens is 146 g/mol. The van der Waals surface area contributed by atoms with E-state index in [9.17, 15) is 0 Å². The molecule has 0 heterocycles. The molecule has 1 aromatic carbocycles. The molecule has 0 radical (unpaired) electrons. The fourth-order valence-electron chi connectivity index (χ4n) is 2.06. The van der Waals surface area contributed by atoms with Crippen molar-refractivity contribution in [2.75, 3.05) is 0 Å². The van der Waals surface area contributed by atoms with Gasteiger partial charge in [0.25, 0.3) is 0 Å². The molecule has 1 aromatic rings. The van der Waals surface area contributed by atoms with Crippen molar-refractivity contribution in [3.63, 3.8) is 0 Å². The molecule has 60 valence electrons. The Kier molecular flexibility index (Phi) is 0.912. The summed E-state index contributed by atoms with van der Waals surface area (Å²) in [4.78, 5) is 0. The van der Waals surface area contributed by atoms with Gasteiger partial charge < -0.3 is 5.73 Å². The van der Waals surface area contributed by atoms with E-state index in [-0.39, 0.29) is 5.41 Å². The zero-order chi connectivity index (χ0) is 8.18. The molecule has 1 spiro atoms. The van der Waals surface area contributed by atoms with Crippen LogP contribution in [0.2, 0.25) is 0 Å². The second kappa shape index (κ2) is 1.74. The van der Waals surface area contributed by atoms with Gasteiger partial charge in [0.1, 0.15) is 0 Å². The Hall–Kier alpha value is -1.24. The van der Waals surface area contributed by atoms with Crippen LogP contribution in [0.1, 0.15) is 12.8 Å². The van der Waals surface area contributed by atoms with Crippen LogP contribution in [0.3, 0.4) is 0 Å². The highest BCUT2D eigenvalue weighted by Crippen LogP contribution is 2.52. The van der Waals surface area contributed by atoms with Gasteiger partial charge in [-0.05, 0) is 18.1 Å². The highest BCUT2D eigenvalue weighted by molar-refractivity contribution is 5.69. The second-order valence-corrected chi connectivity index (χ2v) is 3.80. The summed E-state index contributed by atoms with van der Waals surface area (Å²) in [5.74, 6) is 0. The summed E-state index contributed by atoms with van der Waals surface area (Å²) in [7, 11) is 0. The van der Waals surface area contributed by atoms with E-state index in [1.54, 1.807) is 0 Å². The molecule has 2 aliphatic rings. The Labute approximate surface area is 71.2 Å². The summed E-state index contributed by atoms with van der Waals surface area (Å²) in [5.41, 5.74) is 7.45. The third-order valence-corrected chi connectivity index (χ3v) is 3.01. The normalized spacial score (nSPS) is 22.2. The van der Waals surface area contributed by atoms with Crippen molar-refractivity contribution in [3.8, 4) is 0 Å². The number of hydrogen-bond acceptors (Lipinski definition) is 1. The van der Waals surface area contributed by atoms with E-state index in [4.69, 9.17) is 5.73 Å². The first-order valence-corrected chi connectivity index (χ1v) is 4.40. The van der Waals surface area contributed by atoms with Crippen molar-refractivity contribution in [1.29, 1.82) is 0 Å². The van der Waals surface area contributed by atoms with Gasteiger partial charge in [-0.1, -0.05) is 30.3 Å². The number of hydrogen-bond donors (Lipinski definition) is 1. The van der Waals surface area contributed by atoms with E-state index in [0.717, 1.165) is 5.70 Å². The van der Waals surface area contributed by atoms with Crippen LogP contribution in [-0.2, 0) is 0 Å². The molecule has 1 heteroatoms. The monoisotopic (exact) mass is 157 g/mol. The van der Waals surface area contributed by atoms with Crippen molar-refractivity contribution in [1.82, 2.24) is 0 Å². The van der Waals surface area contributed by atoms with Gasteiger partial charge in [0.05, 0.1) is 0 Å². The van der Waals surface area contributed by atoms with Crippen molar-refractivity contribution >= 4 is 11.8 Å². The molecule has 0 atom stereocenters. The fraction of sp³-hybridized carbons (Fsp3) is 0.273. The molecule has 1 saturated carbocycles. The molecule has 2 N–H and O–H groups in total. The van der Waals surface area contributed by atoms with Gasteiger partial charge in [0.2, 0.25) is 0 Å². The fourth-order valence-corrected chi connectivity index (χ4v) is 2.06. The van der Waals surface area contributed by atoms with Crippen LogP contribution < -0.4 is 16.2 Å². The van der Waals surface area contributed by atoms with E-state index < -0.39 is 0 Å². The lowest BCUT2D eigenvalue weighted by Crippen LogP contribution is -2.24. The van der Waals surface area contributed by atoms with Crippen LogP contribution in [0, 0.1) is 5.41 Å². The minimum Gasteiger partial charge on any atom is -0.401 e. The van der Waals surface area contributed by atoms with Gasteiger partial charge >= 0.3 is 0 Å². The van der Waals surface area contributed by atoms with Crippen molar-refractivity contribution < 1.29 is 0 Å². The zero-order valence-electron chi connectivity index (χ0n) is 6.88. The largest absolute Gasteiger partial charge is 0.401 e. The van der Waals surface area contributed by atoms with E-state index >= 15 is 0 Å². The molecule has 0 aromatic heterocycles. The Morgan fingerprint density at radius 3 is 2.58 bits per heavy atom. The third-order valence-electron chi connectivity index (χ3n) is 3.01. The van der Waals surface area contributed by atoms with E-state index in [1.807, 2.05) is 0 Å². The number of rotatable bonds is 0. The molecule has 0 aliphatic heterocycles. The molecule has 2 aliphatic carbocycles. The smallest absolute Gasteiger partial charge is 0.0294 e. The molecule has 0 unspecified atom stereocenters. The molecule has 1 nitrogen and oxygen atoms in total. The molecule has 1 fully saturated rings. The Morgan fingerprint density at radius 1 is 1.17 bits per heavy atom.